The van der Waals surface area contributed by atoms with Crippen molar-refractivity contribution in [1.82, 2.24) is 19.7 Å². The van der Waals surface area contributed by atoms with Crippen molar-refractivity contribution in [2.45, 2.75) is 26.8 Å². The molecule has 2 aromatic heterocycles. The van der Waals surface area contributed by atoms with Crippen LogP contribution in [0.4, 0.5) is 4.79 Å². The van der Waals surface area contributed by atoms with Gasteiger partial charge in [0.05, 0.1) is 18.8 Å². The number of rotatable bonds is 3. The van der Waals surface area contributed by atoms with E-state index in [1.54, 1.807) is 36.9 Å². The first kappa shape index (κ1) is 17.5. The molecule has 0 unspecified atom stereocenters. The van der Waals surface area contributed by atoms with E-state index in [-0.39, 0.29) is 12.2 Å². The van der Waals surface area contributed by atoms with Crippen LogP contribution in [0.15, 0.2) is 18.3 Å². The quantitative estimate of drug-likeness (QED) is 0.837. The van der Waals surface area contributed by atoms with Crippen LogP contribution >= 0.6 is 0 Å². The van der Waals surface area contributed by atoms with E-state index in [4.69, 9.17) is 10.5 Å². The van der Waals surface area contributed by atoms with E-state index < -0.39 is 12.0 Å². The van der Waals surface area contributed by atoms with Gasteiger partial charge in [-0.2, -0.15) is 5.10 Å². The van der Waals surface area contributed by atoms with Crippen LogP contribution in [-0.2, 0) is 17.7 Å². The highest BCUT2D eigenvalue weighted by Crippen LogP contribution is 2.25. The fourth-order valence-corrected chi connectivity index (χ4v) is 2.93. The molecule has 2 aromatic rings. The summed E-state index contributed by atoms with van der Waals surface area (Å²) in [5, 5.41) is 4.36. The summed E-state index contributed by atoms with van der Waals surface area (Å²) in [5.74, 6) is 5.72. The van der Waals surface area contributed by atoms with Gasteiger partial charge < -0.3 is 15.4 Å². The number of amides is 2. The van der Waals surface area contributed by atoms with E-state index in [9.17, 15) is 9.59 Å². The van der Waals surface area contributed by atoms with Crippen LogP contribution in [0.1, 0.15) is 41.2 Å². The fourth-order valence-electron chi connectivity index (χ4n) is 2.93. The molecule has 0 saturated carbocycles. The van der Waals surface area contributed by atoms with Gasteiger partial charge in [0.1, 0.15) is 0 Å². The Kier molecular flexibility index (Phi) is 4.89. The summed E-state index contributed by atoms with van der Waals surface area (Å²) in [5.41, 5.74) is 7.88. The van der Waals surface area contributed by atoms with Gasteiger partial charge in [0, 0.05) is 30.3 Å². The van der Waals surface area contributed by atoms with Gasteiger partial charge in [0.2, 0.25) is 0 Å². The van der Waals surface area contributed by atoms with Gasteiger partial charge in [0.15, 0.2) is 11.5 Å². The number of ether oxygens (including phenoxy) is 1. The number of pyridine rings is 1. The minimum Gasteiger partial charge on any atom is -0.450 e. The molecule has 3 heterocycles. The predicted octanol–water partition coefficient (Wildman–Crippen LogP) is 1.25. The third-order valence-corrected chi connectivity index (χ3v) is 4.05. The zero-order chi connectivity index (χ0) is 18.7. The second kappa shape index (κ2) is 7.27. The van der Waals surface area contributed by atoms with Crippen LogP contribution in [0.3, 0.4) is 0 Å². The maximum atomic E-state index is 12.0. The highest BCUT2D eigenvalue weighted by Gasteiger charge is 2.30. The summed E-state index contributed by atoms with van der Waals surface area (Å²) in [6, 6.07) is 3.60. The minimum absolute atomic E-state index is 0.141. The minimum atomic E-state index is -0.643. The van der Waals surface area contributed by atoms with E-state index in [1.807, 2.05) is 0 Å². The largest absolute Gasteiger partial charge is 0.450 e. The first-order chi connectivity index (χ1) is 12.5. The summed E-state index contributed by atoms with van der Waals surface area (Å²) in [6.45, 7) is 4.48. The molecule has 0 aliphatic carbocycles. The Morgan fingerprint density at radius 3 is 2.92 bits per heavy atom. The number of carbonyl (C=O) groups excluding carboxylic acids is 2. The monoisotopic (exact) mass is 353 g/mol. The molecule has 134 valence electrons. The molecule has 3 rings (SSSR count). The van der Waals surface area contributed by atoms with Gasteiger partial charge in [0.25, 0.3) is 5.91 Å². The lowest BCUT2D eigenvalue weighted by atomic mass is 10.1. The van der Waals surface area contributed by atoms with Crippen molar-refractivity contribution in [2.24, 2.45) is 5.73 Å². The molecule has 1 aliphatic heterocycles. The molecule has 1 aliphatic rings. The van der Waals surface area contributed by atoms with E-state index in [2.05, 4.69) is 21.9 Å². The zero-order valence-electron chi connectivity index (χ0n) is 14.7. The van der Waals surface area contributed by atoms with Crippen molar-refractivity contribution >= 4 is 12.0 Å². The molecule has 0 atom stereocenters. The van der Waals surface area contributed by atoms with Crippen LogP contribution < -0.4 is 5.73 Å². The number of nitrogens with two attached hydrogens (primary N) is 1. The summed E-state index contributed by atoms with van der Waals surface area (Å²) < 4.78 is 6.66. The van der Waals surface area contributed by atoms with Crippen molar-refractivity contribution in [1.29, 1.82) is 0 Å². The lowest BCUT2D eigenvalue weighted by molar-refractivity contribution is 0.0972. The number of hydrogen-bond donors (Lipinski definition) is 1. The summed E-state index contributed by atoms with van der Waals surface area (Å²) >= 11 is 0. The standard InChI is InChI=1S/C18H19N5O3/c1-3-5-12-6-8-20-15(10-12)23-14-7-9-22(18(25)26-4-2)11-13(14)16(21-23)17(19)24/h6,8,10H,4,7,9,11H2,1-2H3,(H2,19,24). The molecule has 2 amide bonds. The number of nitrogens with zero attached hydrogens (tertiary/aromatic N) is 4. The fraction of sp³-hybridized carbons (Fsp3) is 0.333. The molecule has 0 saturated heterocycles. The summed E-state index contributed by atoms with van der Waals surface area (Å²) in [6.07, 6.45) is 1.74. The molecule has 0 bridgehead atoms. The number of carbonyl (C=O) groups is 2. The van der Waals surface area contributed by atoms with Crippen molar-refractivity contribution < 1.29 is 14.3 Å². The maximum Gasteiger partial charge on any atom is 0.410 e. The second-order valence-electron chi connectivity index (χ2n) is 5.70. The average Bonchev–Trinajstić information content (AvgIpc) is 3.01. The summed E-state index contributed by atoms with van der Waals surface area (Å²) in [7, 11) is 0. The van der Waals surface area contributed by atoms with Crippen LogP contribution in [0.5, 0.6) is 0 Å². The van der Waals surface area contributed by atoms with Gasteiger partial charge >= 0.3 is 6.09 Å². The maximum absolute atomic E-state index is 12.0. The van der Waals surface area contributed by atoms with E-state index in [0.717, 1.165) is 11.3 Å². The normalized spacial score (nSPS) is 12.8. The average molecular weight is 353 g/mol. The highest BCUT2D eigenvalue weighted by atomic mass is 16.6. The summed E-state index contributed by atoms with van der Waals surface area (Å²) in [4.78, 5) is 29.7. The molecule has 26 heavy (non-hydrogen) atoms. The third kappa shape index (κ3) is 3.24. The third-order valence-electron chi connectivity index (χ3n) is 4.05. The Morgan fingerprint density at radius 2 is 2.23 bits per heavy atom. The van der Waals surface area contributed by atoms with Crippen LogP contribution in [0.25, 0.3) is 5.82 Å². The van der Waals surface area contributed by atoms with Crippen LogP contribution in [0, 0.1) is 11.8 Å². The first-order valence-electron chi connectivity index (χ1n) is 8.26. The van der Waals surface area contributed by atoms with E-state index in [0.29, 0.717) is 31.0 Å². The molecule has 0 radical (unpaired) electrons. The second-order valence-corrected chi connectivity index (χ2v) is 5.70. The van der Waals surface area contributed by atoms with Gasteiger partial charge in [-0.1, -0.05) is 5.92 Å². The highest BCUT2D eigenvalue weighted by molar-refractivity contribution is 5.93. The molecular formula is C18H19N5O3. The Morgan fingerprint density at radius 1 is 1.42 bits per heavy atom. The Hall–Kier alpha value is -3.34. The predicted molar refractivity (Wildman–Crippen MR) is 93.6 cm³/mol. The van der Waals surface area contributed by atoms with Gasteiger partial charge in [-0.05, 0) is 26.0 Å². The van der Waals surface area contributed by atoms with Crippen LogP contribution in [0.2, 0.25) is 0 Å². The molecule has 8 heteroatoms. The van der Waals surface area contributed by atoms with E-state index >= 15 is 0 Å². The number of hydrogen-bond acceptors (Lipinski definition) is 5. The first-order valence-corrected chi connectivity index (χ1v) is 8.26. The molecule has 8 nitrogen and oxygen atoms in total. The number of fused-ring (bicyclic) bond motifs is 1. The number of primary amides is 1. The van der Waals surface area contributed by atoms with Gasteiger partial charge in [-0.15, -0.1) is 5.92 Å². The Bertz CT molecular complexity index is 923. The molecule has 0 spiro atoms. The van der Waals surface area contributed by atoms with Crippen LogP contribution in [-0.4, -0.2) is 44.8 Å². The smallest absolute Gasteiger partial charge is 0.410 e. The van der Waals surface area contributed by atoms with Gasteiger partial charge in [-0.25, -0.2) is 14.5 Å². The Balaban J connectivity index is 2.04. The SMILES string of the molecule is CC#Cc1ccnc(-n2nc(C(N)=O)c3c2CCN(C(=O)OCC)C3)c1. The zero-order valence-corrected chi connectivity index (χ0v) is 14.7. The van der Waals surface area contributed by atoms with Crippen molar-refractivity contribution in [3.05, 3.63) is 40.8 Å². The van der Waals surface area contributed by atoms with Crippen molar-refractivity contribution in [3.63, 3.8) is 0 Å². The molecule has 0 aromatic carbocycles. The number of aromatic nitrogens is 3. The van der Waals surface area contributed by atoms with E-state index in [1.165, 1.54) is 4.90 Å². The van der Waals surface area contributed by atoms with Crippen molar-refractivity contribution in [3.8, 4) is 17.7 Å². The molecular weight excluding hydrogens is 334 g/mol. The topological polar surface area (TPSA) is 103 Å². The molecule has 0 fully saturated rings. The lowest BCUT2D eigenvalue weighted by Crippen LogP contribution is -2.37. The lowest BCUT2D eigenvalue weighted by Gasteiger charge is -2.26. The Labute approximate surface area is 150 Å². The van der Waals surface area contributed by atoms with Crippen molar-refractivity contribution in [2.75, 3.05) is 13.2 Å². The molecule has 2 N–H and O–H groups in total. The van der Waals surface area contributed by atoms with Gasteiger partial charge in [-0.3, -0.25) is 4.79 Å².